The Morgan fingerprint density at radius 3 is 2.68 bits per heavy atom. The van der Waals surface area contributed by atoms with Crippen LogP contribution in [-0.4, -0.2) is 32.6 Å². The quantitative estimate of drug-likeness (QED) is 0.274. The molecule has 0 saturated carbocycles. The second-order valence-corrected chi connectivity index (χ2v) is 9.80. The Balaban J connectivity index is 1.56. The third-order valence-electron chi connectivity index (χ3n) is 6.66. The lowest BCUT2D eigenvalue weighted by atomic mass is 9.98. The number of ketones is 1. The number of rotatable bonds is 7. The van der Waals surface area contributed by atoms with E-state index in [9.17, 15) is 14.7 Å². The van der Waals surface area contributed by atoms with Crippen LogP contribution in [0, 0.1) is 0 Å². The van der Waals surface area contributed by atoms with E-state index in [4.69, 9.17) is 15.6 Å². The number of fused-ring (bicyclic) bond motifs is 3. The molecule has 0 radical (unpaired) electrons. The Morgan fingerprint density at radius 2 is 2.00 bits per heavy atom. The fourth-order valence-electron chi connectivity index (χ4n) is 4.79. The Hall–Kier alpha value is -4.21. The summed E-state index contributed by atoms with van der Waals surface area (Å²) in [6, 6.07) is 12.2. The average molecular weight is 514 g/mol. The van der Waals surface area contributed by atoms with Crippen LogP contribution in [-0.2, 0) is 11.4 Å². The number of carbonyl (C=O) groups is 2. The zero-order valence-electron chi connectivity index (χ0n) is 21.6. The number of para-hydroxylation sites is 1. The topological polar surface area (TPSA) is 132 Å². The number of aromatic nitrogens is 2. The summed E-state index contributed by atoms with van der Waals surface area (Å²) in [6.07, 6.45) is 5.26. The fourth-order valence-corrected chi connectivity index (χ4v) is 4.79. The van der Waals surface area contributed by atoms with Gasteiger partial charge in [0.05, 0.1) is 17.3 Å². The van der Waals surface area contributed by atoms with E-state index in [-0.39, 0.29) is 30.4 Å². The monoisotopic (exact) mass is 513 g/mol. The predicted octanol–water partition coefficient (Wildman–Crippen LogP) is 4.28. The van der Waals surface area contributed by atoms with Gasteiger partial charge in [0.2, 0.25) is 0 Å². The second-order valence-electron chi connectivity index (χ2n) is 9.80. The highest BCUT2D eigenvalue weighted by molar-refractivity contribution is 6.08. The van der Waals surface area contributed by atoms with Gasteiger partial charge >= 0.3 is 0 Å². The van der Waals surface area contributed by atoms with E-state index in [1.807, 2.05) is 48.9 Å². The number of Topliss-reactive ketones (excluding diaryl/α,β-unsaturated/α-hetero) is 1. The van der Waals surface area contributed by atoms with Crippen LogP contribution in [0.15, 0.2) is 66.3 Å². The molecule has 1 aliphatic carbocycles. The highest BCUT2D eigenvalue weighted by Gasteiger charge is 2.32. The van der Waals surface area contributed by atoms with Gasteiger partial charge in [0.1, 0.15) is 18.1 Å². The van der Waals surface area contributed by atoms with E-state index < -0.39 is 6.23 Å². The van der Waals surface area contributed by atoms with E-state index >= 15 is 0 Å². The predicted molar refractivity (Wildman–Crippen MR) is 146 cm³/mol. The van der Waals surface area contributed by atoms with E-state index in [0.29, 0.717) is 40.4 Å². The third-order valence-corrected chi connectivity index (χ3v) is 6.66. The van der Waals surface area contributed by atoms with Crippen LogP contribution < -0.4 is 21.1 Å². The van der Waals surface area contributed by atoms with Crippen molar-refractivity contribution < 1.29 is 19.4 Å². The maximum Gasteiger partial charge on any atom is 0.257 e. The van der Waals surface area contributed by atoms with Crippen molar-refractivity contribution in [3.05, 3.63) is 83.1 Å². The average Bonchev–Trinajstić information content (AvgIpc) is 3.29. The van der Waals surface area contributed by atoms with Crippen LogP contribution in [0.3, 0.4) is 0 Å². The van der Waals surface area contributed by atoms with Crippen LogP contribution in [0.5, 0.6) is 5.75 Å². The number of carbonyl (C=O) groups excluding carboxylic acids is 2. The summed E-state index contributed by atoms with van der Waals surface area (Å²) in [5.74, 6) is 0.342. The number of nitrogens with one attached hydrogen (secondary N) is 2. The van der Waals surface area contributed by atoms with E-state index in [1.165, 1.54) is 0 Å². The van der Waals surface area contributed by atoms with Gasteiger partial charge in [-0.1, -0.05) is 30.4 Å². The van der Waals surface area contributed by atoms with Crippen molar-refractivity contribution in [3.8, 4) is 17.0 Å². The van der Waals surface area contributed by atoms with Crippen molar-refractivity contribution in [2.75, 3.05) is 11.1 Å². The molecule has 0 saturated heterocycles. The number of nitrogens with two attached hydrogens (primary N) is 1. The number of hydrogen-bond acceptors (Lipinski definition) is 7. The van der Waals surface area contributed by atoms with Crippen molar-refractivity contribution in [1.82, 2.24) is 15.1 Å². The largest absolute Gasteiger partial charge is 0.488 e. The Labute approximate surface area is 221 Å². The number of allylic oxidation sites excluding steroid dienone is 4. The molecule has 9 nitrogen and oxygen atoms in total. The van der Waals surface area contributed by atoms with Crippen LogP contribution in [0.4, 0.5) is 11.4 Å². The molecule has 5 N–H and O–H groups in total. The summed E-state index contributed by atoms with van der Waals surface area (Å²) < 4.78 is 7.94. The Bertz CT molecular complexity index is 1470. The summed E-state index contributed by atoms with van der Waals surface area (Å²) in [4.78, 5) is 24.8. The number of benzene rings is 2. The van der Waals surface area contributed by atoms with Crippen molar-refractivity contribution in [3.63, 3.8) is 0 Å². The molecule has 9 heteroatoms. The van der Waals surface area contributed by atoms with Crippen molar-refractivity contribution in [1.29, 1.82) is 0 Å². The first-order valence-corrected chi connectivity index (χ1v) is 12.6. The minimum absolute atomic E-state index is 0.0117. The first kappa shape index (κ1) is 25.4. The number of nitrogen functional groups attached to an aromatic ring is 1. The van der Waals surface area contributed by atoms with Gasteiger partial charge in [-0.25, -0.2) is 0 Å². The van der Waals surface area contributed by atoms with Gasteiger partial charge < -0.3 is 20.9 Å². The summed E-state index contributed by atoms with van der Waals surface area (Å²) in [5, 5.41) is 21.8. The molecule has 2 atom stereocenters. The normalized spacial score (nSPS) is 16.8. The molecule has 2 aliphatic rings. The number of aliphatic hydroxyl groups is 1. The molecule has 2 heterocycles. The van der Waals surface area contributed by atoms with E-state index in [2.05, 4.69) is 10.6 Å². The fraction of sp³-hybridized carbons (Fsp3) is 0.276. The zero-order valence-corrected chi connectivity index (χ0v) is 21.6. The minimum Gasteiger partial charge on any atom is -0.488 e. The Kier molecular flexibility index (Phi) is 6.88. The molecule has 196 valence electrons. The maximum atomic E-state index is 12.9. The van der Waals surface area contributed by atoms with Crippen LogP contribution in [0.1, 0.15) is 61.1 Å². The summed E-state index contributed by atoms with van der Waals surface area (Å²) in [7, 11) is 0. The van der Waals surface area contributed by atoms with Crippen molar-refractivity contribution in [2.24, 2.45) is 0 Å². The molecule has 38 heavy (non-hydrogen) atoms. The molecule has 2 unspecified atom stereocenters. The van der Waals surface area contributed by atoms with Crippen molar-refractivity contribution in [2.45, 2.75) is 52.1 Å². The number of anilines is 2. The van der Waals surface area contributed by atoms with E-state index in [0.717, 1.165) is 16.8 Å². The van der Waals surface area contributed by atoms with Gasteiger partial charge in [-0.05, 0) is 57.5 Å². The van der Waals surface area contributed by atoms with Crippen LogP contribution in [0.2, 0.25) is 0 Å². The SMILES string of the molecule is CC(=O)C1=CCC(n2nc(C(O)NC(C)C)c3c2-c2cc(NC(=O)c4ccccc4N)ccc2OC3)C=C1. The first-order valence-electron chi connectivity index (χ1n) is 12.6. The molecular weight excluding hydrogens is 482 g/mol. The lowest BCUT2D eigenvalue weighted by molar-refractivity contribution is -0.113. The third kappa shape index (κ3) is 4.85. The lowest BCUT2D eigenvalue weighted by Gasteiger charge is -2.24. The molecule has 0 bridgehead atoms. The first-order chi connectivity index (χ1) is 18.2. The standard InChI is InChI=1S/C29H31N5O4/c1-16(2)31-29(37)26-23-15-38-25-13-10-19(32-28(36)21-6-4-5-7-24(21)30)14-22(25)27(23)34(33-26)20-11-8-18(9-12-20)17(3)35/h4-11,13-14,16,20,29,31,37H,12,15,30H2,1-3H3,(H,32,36). The number of aliphatic hydroxyl groups excluding tert-OH is 1. The second kappa shape index (κ2) is 10.3. The van der Waals surface area contributed by atoms with Gasteiger partial charge in [0.15, 0.2) is 12.0 Å². The maximum absolute atomic E-state index is 12.9. The molecule has 1 aromatic heterocycles. The van der Waals surface area contributed by atoms with Crippen LogP contribution >= 0.6 is 0 Å². The van der Waals surface area contributed by atoms with Crippen molar-refractivity contribution >= 4 is 23.1 Å². The molecular formula is C29H31N5O4. The summed E-state index contributed by atoms with van der Waals surface area (Å²) >= 11 is 0. The molecule has 0 spiro atoms. The van der Waals surface area contributed by atoms with Gasteiger partial charge in [0, 0.05) is 34.1 Å². The zero-order chi connectivity index (χ0) is 27.0. The van der Waals surface area contributed by atoms with Gasteiger partial charge in [-0.15, -0.1) is 0 Å². The smallest absolute Gasteiger partial charge is 0.257 e. The highest BCUT2D eigenvalue weighted by atomic mass is 16.5. The Morgan fingerprint density at radius 1 is 1.21 bits per heavy atom. The molecule has 0 fully saturated rings. The highest BCUT2D eigenvalue weighted by Crippen LogP contribution is 2.43. The number of amides is 1. The molecule has 1 aliphatic heterocycles. The molecule has 1 amide bonds. The summed E-state index contributed by atoms with van der Waals surface area (Å²) in [6.45, 7) is 5.69. The molecule has 3 aromatic rings. The van der Waals surface area contributed by atoms with Gasteiger partial charge in [0.25, 0.3) is 5.91 Å². The number of hydrogen-bond donors (Lipinski definition) is 4. The van der Waals surface area contributed by atoms with E-state index in [1.54, 1.807) is 37.3 Å². The van der Waals surface area contributed by atoms with Crippen LogP contribution in [0.25, 0.3) is 11.3 Å². The summed E-state index contributed by atoms with van der Waals surface area (Å²) in [5.41, 5.74) is 10.8. The number of nitrogens with zero attached hydrogens (tertiary/aromatic N) is 2. The van der Waals surface area contributed by atoms with Gasteiger partial charge in [-0.3, -0.25) is 19.6 Å². The lowest BCUT2D eigenvalue weighted by Crippen LogP contribution is -2.29. The minimum atomic E-state index is -0.991. The molecule has 5 rings (SSSR count). The van der Waals surface area contributed by atoms with Gasteiger partial charge in [-0.2, -0.15) is 5.10 Å². The molecule has 2 aromatic carbocycles. The number of ether oxygens (including phenoxy) is 1.